The van der Waals surface area contributed by atoms with E-state index in [2.05, 4.69) is 5.32 Å². The Kier molecular flexibility index (Phi) is 3.91. The maximum atomic E-state index is 11.3. The van der Waals surface area contributed by atoms with Gasteiger partial charge in [-0.2, -0.15) is 0 Å². The first kappa shape index (κ1) is 14.0. The van der Waals surface area contributed by atoms with Gasteiger partial charge in [-0.05, 0) is 19.3 Å². The van der Waals surface area contributed by atoms with Crippen LogP contribution in [0.3, 0.4) is 0 Å². The lowest BCUT2D eigenvalue weighted by molar-refractivity contribution is -0.142. The molecule has 0 bridgehead atoms. The second kappa shape index (κ2) is 5.30. The van der Waals surface area contributed by atoms with E-state index in [1.54, 1.807) is 4.90 Å². The molecule has 6 heteroatoms. The molecule has 0 spiro atoms. The van der Waals surface area contributed by atoms with Gasteiger partial charge in [0.05, 0.1) is 12.1 Å². The van der Waals surface area contributed by atoms with Gasteiger partial charge in [0.15, 0.2) is 0 Å². The van der Waals surface area contributed by atoms with Crippen molar-refractivity contribution >= 4 is 11.9 Å². The van der Waals surface area contributed by atoms with E-state index in [1.165, 1.54) is 6.92 Å². The molecule has 0 unspecified atom stereocenters. The highest BCUT2D eigenvalue weighted by Crippen LogP contribution is 2.38. The van der Waals surface area contributed by atoms with Crippen LogP contribution in [0.4, 0.5) is 0 Å². The van der Waals surface area contributed by atoms with Gasteiger partial charge < -0.3 is 15.5 Å². The number of carbonyl (C=O) groups is 2. The largest absolute Gasteiger partial charge is 0.480 e. The Balaban J connectivity index is 2.26. The van der Waals surface area contributed by atoms with Gasteiger partial charge in [0.2, 0.25) is 5.91 Å². The number of hydrogen-bond acceptors (Lipinski definition) is 4. The average Bonchev–Trinajstić information content (AvgIpc) is 2.79. The molecule has 2 fully saturated rings. The SMILES string of the molecule is C/C=C\[C@@H]1C[C@H](C(=O)O)N2C[C@@H](O)[C@H](NC(C)=O)[C@@H]12. The highest BCUT2D eigenvalue weighted by Gasteiger charge is 2.54. The van der Waals surface area contributed by atoms with Gasteiger partial charge in [-0.15, -0.1) is 0 Å². The van der Waals surface area contributed by atoms with Crippen molar-refractivity contribution in [1.82, 2.24) is 10.2 Å². The van der Waals surface area contributed by atoms with Crippen molar-refractivity contribution in [2.45, 2.75) is 44.5 Å². The molecule has 2 rings (SSSR count). The predicted octanol–water partition coefficient (Wildman–Crippen LogP) is -0.415. The fourth-order valence-corrected chi connectivity index (χ4v) is 3.36. The molecule has 2 heterocycles. The zero-order valence-electron chi connectivity index (χ0n) is 11.1. The van der Waals surface area contributed by atoms with Gasteiger partial charge in [-0.3, -0.25) is 14.5 Å². The van der Waals surface area contributed by atoms with Crippen molar-refractivity contribution in [3.63, 3.8) is 0 Å². The number of carboxylic acids is 1. The van der Waals surface area contributed by atoms with Crippen LogP contribution in [0.2, 0.25) is 0 Å². The van der Waals surface area contributed by atoms with Crippen molar-refractivity contribution in [2.24, 2.45) is 5.92 Å². The number of nitrogens with zero attached hydrogens (tertiary/aromatic N) is 1. The lowest BCUT2D eigenvalue weighted by Gasteiger charge is -2.26. The van der Waals surface area contributed by atoms with Gasteiger partial charge in [0, 0.05) is 19.5 Å². The van der Waals surface area contributed by atoms with E-state index in [0.717, 1.165) is 0 Å². The first-order chi connectivity index (χ1) is 8.95. The number of amides is 1. The topological polar surface area (TPSA) is 89.9 Å². The molecule has 0 radical (unpaired) electrons. The smallest absolute Gasteiger partial charge is 0.320 e. The zero-order chi connectivity index (χ0) is 14.2. The number of carbonyl (C=O) groups excluding carboxylic acids is 1. The Morgan fingerprint density at radius 1 is 1.42 bits per heavy atom. The number of rotatable bonds is 3. The van der Waals surface area contributed by atoms with Gasteiger partial charge in [0.1, 0.15) is 6.04 Å². The third-order valence-electron chi connectivity index (χ3n) is 3.99. The van der Waals surface area contributed by atoms with Crippen LogP contribution in [0.25, 0.3) is 0 Å². The normalized spacial score (nSPS) is 38.6. The molecule has 3 N–H and O–H groups in total. The minimum atomic E-state index is -0.868. The monoisotopic (exact) mass is 268 g/mol. The quantitative estimate of drug-likeness (QED) is 0.605. The van der Waals surface area contributed by atoms with E-state index in [4.69, 9.17) is 0 Å². The lowest BCUT2D eigenvalue weighted by Crippen LogP contribution is -2.49. The van der Waals surface area contributed by atoms with E-state index >= 15 is 0 Å². The molecule has 6 nitrogen and oxygen atoms in total. The van der Waals surface area contributed by atoms with Crippen molar-refractivity contribution in [3.8, 4) is 0 Å². The summed E-state index contributed by atoms with van der Waals surface area (Å²) in [7, 11) is 0. The summed E-state index contributed by atoms with van der Waals surface area (Å²) in [5.74, 6) is -1.03. The van der Waals surface area contributed by atoms with Gasteiger partial charge in [-0.25, -0.2) is 0 Å². The Morgan fingerprint density at radius 3 is 2.63 bits per heavy atom. The van der Waals surface area contributed by atoms with Crippen LogP contribution < -0.4 is 5.32 Å². The molecular weight excluding hydrogens is 248 g/mol. The van der Waals surface area contributed by atoms with Gasteiger partial charge in [0.25, 0.3) is 0 Å². The van der Waals surface area contributed by atoms with Crippen LogP contribution >= 0.6 is 0 Å². The predicted molar refractivity (Wildman–Crippen MR) is 68.5 cm³/mol. The summed E-state index contributed by atoms with van der Waals surface area (Å²) < 4.78 is 0. The van der Waals surface area contributed by atoms with Crippen LogP contribution in [0.15, 0.2) is 12.2 Å². The summed E-state index contributed by atoms with van der Waals surface area (Å²) in [6.45, 7) is 3.58. The highest BCUT2D eigenvalue weighted by molar-refractivity contribution is 5.75. The minimum absolute atomic E-state index is 0.0418. The third-order valence-corrected chi connectivity index (χ3v) is 3.99. The van der Waals surface area contributed by atoms with E-state index in [-0.39, 0.29) is 17.9 Å². The number of carboxylic acid groups (broad SMARTS) is 1. The number of nitrogens with one attached hydrogen (secondary N) is 1. The van der Waals surface area contributed by atoms with Crippen LogP contribution in [-0.4, -0.2) is 57.8 Å². The molecule has 0 aromatic carbocycles. The standard InChI is InChI=1S/C13H20N2O4/c1-3-4-8-5-9(13(18)19)15-6-10(17)11(12(8)15)14-7(2)16/h3-4,8-12,17H,5-6H2,1-2H3,(H,14,16)(H,18,19)/b4-3-/t8-,9-,10-,11+,12-/m1/s1. The highest BCUT2D eigenvalue weighted by atomic mass is 16.4. The number of fused-ring (bicyclic) bond motifs is 1. The van der Waals surface area contributed by atoms with Crippen LogP contribution in [0.1, 0.15) is 20.3 Å². The maximum Gasteiger partial charge on any atom is 0.320 e. The molecule has 106 valence electrons. The first-order valence-corrected chi connectivity index (χ1v) is 6.52. The summed E-state index contributed by atoms with van der Waals surface area (Å²) >= 11 is 0. The average molecular weight is 268 g/mol. The third kappa shape index (κ3) is 2.50. The van der Waals surface area contributed by atoms with Crippen LogP contribution in [0.5, 0.6) is 0 Å². The van der Waals surface area contributed by atoms with Crippen molar-refractivity contribution in [2.75, 3.05) is 6.54 Å². The van der Waals surface area contributed by atoms with Gasteiger partial charge >= 0.3 is 5.97 Å². The first-order valence-electron chi connectivity index (χ1n) is 6.52. The zero-order valence-corrected chi connectivity index (χ0v) is 11.1. The maximum absolute atomic E-state index is 11.3. The molecule has 0 saturated carbocycles. The lowest BCUT2D eigenvalue weighted by atomic mass is 9.92. The molecule has 0 aromatic rings. The Hall–Kier alpha value is -1.40. The van der Waals surface area contributed by atoms with Gasteiger partial charge in [-0.1, -0.05) is 12.2 Å². The van der Waals surface area contributed by atoms with Crippen molar-refractivity contribution in [3.05, 3.63) is 12.2 Å². The molecule has 0 aromatic heterocycles. The second-order valence-corrected chi connectivity index (χ2v) is 5.26. The number of aliphatic carboxylic acids is 1. The minimum Gasteiger partial charge on any atom is -0.480 e. The molecule has 19 heavy (non-hydrogen) atoms. The molecule has 0 aliphatic carbocycles. The Labute approximate surface area is 112 Å². The molecule has 1 amide bonds. The van der Waals surface area contributed by atoms with Crippen molar-refractivity contribution < 1.29 is 19.8 Å². The fourth-order valence-electron chi connectivity index (χ4n) is 3.36. The number of aliphatic hydroxyl groups excluding tert-OH is 1. The fraction of sp³-hybridized carbons (Fsp3) is 0.692. The van der Waals surface area contributed by atoms with Crippen LogP contribution in [-0.2, 0) is 9.59 Å². The summed E-state index contributed by atoms with van der Waals surface area (Å²) in [5.41, 5.74) is 0. The van der Waals surface area contributed by atoms with Crippen LogP contribution in [0, 0.1) is 5.92 Å². The molecular formula is C13H20N2O4. The number of aliphatic hydroxyl groups is 1. The number of hydrogen-bond donors (Lipinski definition) is 3. The van der Waals surface area contributed by atoms with E-state index in [9.17, 15) is 19.8 Å². The summed E-state index contributed by atoms with van der Waals surface area (Å²) in [6.07, 6.45) is 3.66. The number of allylic oxidation sites excluding steroid dienone is 1. The van der Waals surface area contributed by atoms with E-state index in [0.29, 0.717) is 13.0 Å². The summed E-state index contributed by atoms with van der Waals surface area (Å²) in [5, 5.41) is 22.1. The van der Waals surface area contributed by atoms with E-state index in [1.807, 2.05) is 19.1 Å². The molecule has 5 atom stereocenters. The molecule has 2 saturated heterocycles. The Bertz CT molecular complexity index is 407. The Morgan fingerprint density at radius 2 is 2.11 bits per heavy atom. The summed E-state index contributed by atoms with van der Waals surface area (Å²) in [6, 6.07) is -1.13. The summed E-state index contributed by atoms with van der Waals surface area (Å²) in [4.78, 5) is 24.3. The van der Waals surface area contributed by atoms with Crippen molar-refractivity contribution in [1.29, 1.82) is 0 Å². The molecule has 2 aliphatic heterocycles. The second-order valence-electron chi connectivity index (χ2n) is 5.26. The molecule has 2 aliphatic rings. The van der Waals surface area contributed by atoms with E-state index < -0.39 is 24.2 Å².